The second-order valence-corrected chi connectivity index (χ2v) is 4.58. The molecule has 0 saturated carbocycles. The van der Waals surface area contributed by atoms with Crippen LogP contribution in [0.15, 0.2) is 48.5 Å². The van der Waals surface area contributed by atoms with Gasteiger partial charge in [0.25, 0.3) is 5.24 Å². The molecule has 96 valence electrons. The van der Waals surface area contributed by atoms with Crippen molar-refractivity contribution >= 4 is 22.6 Å². The standard InChI is InChI=1S/C16H13ClO2/c1-2-11-6-8-12(9-7-11)15(18)13-4-3-5-14(10-13)16(17)19/h3-10H,2H2,1H3. The molecule has 3 heteroatoms. The number of carbonyl (C=O) groups is 2. The average Bonchev–Trinajstić information content (AvgIpc) is 2.46. The lowest BCUT2D eigenvalue weighted by molar-refractivity contribution is 0.103. The molecule has 0 fully saturated rings. The van der Waals surface area contributed by atoms with Gasteiger partial charge < -0.3 is 0 Å². The van der Waals surface area contributed by atoms with Crippen LogP contribution in [0.3, 0.4) is 0 Å². The molecule has 2 aromatic carbocycles. The van der Waals surface area contributed by atoms with Crippen molar-refractivity contribution in [2.45, 2.75) is 13.3 Å². The van der Waals surface area contributed by atoms with Gasteiger partial charge in [-0.1, -0.05) is 49.4 Å². The molecule has 0 unspecified atom stereocenters. The van der Waals surface area contributed by atoms with Gasteiger partial charge in [-0.15, -0.1) is 0 Å². The fraction of sp³-hybridized carbons (Fsp3) is 0.125. The first-order chi connectivity index (χ1) is 9.11. The maximum Gasteiger partial charge on any atom is 0.252 e. The molecule has 0 aliphatic heterocycles. The number of benzene rings is 2. The van der Waals surface area contributed by atoms with Crippen molar-refractivity contribution in [1.29, 1.82) is 0 Å². The summed E-state index contributed by atoms with van der Waals surface area (Å²) in [5.74, 6) is -0.109. The number of carbonyl (C=O) groups excluding carboxylic acids is 2. The third kappa shape index (κ3) is 3.09. The molecule has 0 aromatic heterocycles. The highest BCUT2D eigenvalue weighted by atomic mass is 35.5. The molecule has 0 aliphatic carbocycles. The zero-order valence-corrected chi connectivity index (χ0v) is 11.3. The molecule has 19 heavy (non-hydrogen) atoms. The number of ketones is 1. The summed E-state index contributed by atoms with van der Waals surface area (Å²) in [7, 11) is 0. The van der Waals surface area contributed by atoms with E-state index in [0.29, 0.717) is 16.7 Å². The van der Waals surface area contributed by atoms with Crippen LogP contribution in [0, 0.1) is 0 Å². The Bertz CT molecular complexity index is 615. The van der Waals surface area contributed by atoms with Crippen molar-refractivity contribution in [3.8, 4) is 0 Å². The van der Waals surface area contributed by atoms with Crippen molar-refractivity contribution in [2.75, 3.05) is 0 Å². The van der Waals surface area contributed by atoms with Crippen molar-refractivity contribution in [1.82, 2.24) is 0 Å². The first-order valence-corrected chi connectivity index (χ1v) is 6.43. The Balaban J connectivity index is 2.32. The summed E-state index contributed by atoms with van der Waals surface area (Å²) in [6, 6.07) is 13.9. The van der Waals surface area contributed by atoms with Gasteiger partial charge in [-0.05, 0) is 29.7 Å². The van der Waals surface area contributed by atoms with E-state index in [0.717, 1.165) is 6.42 Å². The topological polar surface area (TPSA) is 34.1 Å². The SMILES string of the molecule is CCc1ccc(C(=O)c2cccc(C(=O)Cl)c2)cc1. The highest BCUT2D eigenvalue weighted by Gasteiger charge is 2.11. The maximum atomic E-state index is 12.3. The van der Waals surface area contributed by atoms with E-state index in [2.05, 4.69) is 6.92 Å². The van der Waals surface area contributed by atoms with Crippen LogP contribution >= 0.6 is 11.6 Å². The minimum Gasteiger partial charge on any atom is -0.289 e. The Morgan fingerprint density at radius 2 is 1.58 bits per heavy atom. The minimum atomic E-state index is -0.559. The van der Waals surface area contributed by atoms with E-state index in [4.69, 9.17) is 11.6 Å². The monoisotopic (exact) mass is 272 g/mol. The predicted molar refractivity (Wildman–Crippen MR) is 75.9 cm³/mol. The minimum absolute atomic E-state index is 0.109. The van der Waals surface area contributed by atoms with Gasteiger partial charge in [-0.3, -0.25) is 9.59 Å². The van der Waals surface area contributed by atoms with Gasteiger partial charge in [-0.25, -0.2) is 0 Å². The highest BCUT2D eigenvalue weighted by Crippen LogP contribution is 2.14. The molecule has 0 aliphatic rings. The van der Waals surface area contributed by atoms with Crippen LogP contribution in [-0.2, 0) is 6.42 Å². The predicted octanol–water partition coefficient (Wildman–Crippen LogP) is 3.86. The Hall–Kier alpha value is -1.93. The lowest BCUT2D eigenvalue weighted by Crippen LogP contribution is -2.03. The largest absolute Gasteiger partial charge is 0.289 e. The zero-order valence-electron chi connectivity index (χ0n) is 10.5. The Morgan fingerprint density at radius 3 is 2.16 bits per heavy atom. The number of halogens is 1. The average molecular weight is 273 g/mol. The molecule has 0 heterocycles. The molecule has 0 spiro atoms. The van der Waals surface area contributed by atoms with Crippen LogP contribution in [-0.4, -0.2) is 11.0 Å². The number of hydrogen-bond acceptors (Lipinski definition) is 2. The molecule has 0 amide bonds. The van der Waals surface area contributed by atoms with E-state index in [-0.39, 0.29) is 5.78 Å². The van der Waals surface area contributed by atoms with Gasteiger partial charge in [0, 0.05) is 16.7 Å². The Labute approximate surface area is 117 Å². The molecule has 0 atom stereocenters. The van der Waals surface area contributed by atoms with E-state index in [1.54, 1.807) is 30.3 Å². The fourth-order valence-corrected chi connectivity index (χ4v) is 1.96. The Morgan fingerprint density at radius 1 is 0.947 bits per heavy atom. The normalized spacial score (nSPS) is 10.2. The van der Waals surface area contributed by atoms with Gasteiger partial charge in [0.15, 0.2) is 5.78 Å². The third-order valence-electron chi connectivity index (χ3n) is 2.98. The number of rotatable bonds is 4. The van der Waals surface area contributed by atoms with E-state index >= 15 is 0 Å². The molecule has 0 saturated heterocycles. The molecule has 2 nitrogen and oxygen atoms in total. The molecule has 0 N–H and O–H groups in total. The van der Waals surface area contributed by atoms with Crippen molar-refractivity contribution in [2.24, 2.45) is 0 Å². The quantitative estimate of drug-likeness (QED) is 0.626. The van der Waals surface area contributed by atoms with Gasteiger partial charge >= 0.3 is 0 Å². The van der Waals surface area contributed by atoms with Crippen molar-refractivity contribution < 1.29 is 9.59 Å². The smallest absolute Gasteiger partial charge is 0.252 e. The number of aryl methyl sites for hydroxylation is 1. The fourth-order valence-electron chi connectivity index (χ4n) is 1.84. The van der Waals surface area contributed by atoms with Crippen LogP contribution in [0.4, 0.5) is 0 Å². The summed E-state index contributed by atoms with van der Waals surface area (Å²) in [5, 5.41) is -0.559. The second-order valence-electron chi connectivity index (χ2n) is 4.23. The summed E-state index contributed by atoms with van der Waals surface area (Å²) in [6.07, 6.45) is 0.935. The summed E-state index contributed by atoms with van der Waals surface area (Å²) in [6.45, 7) is 2.06. The van der Waals surface area contributed by atoms with Crippen LogP contribution in [0.2, 0.25) is 0 Å². The van der Waals surface area contributed by atoms with Crippen LogP contribution < -0.4 is 0 Å². The zero-order chi connectivity index (χ0) is 13.8. The van der Waals surface area contributed by atoms with Crippen LogP contribution in [0.1, 0.15) is 38.8 Å². The van der Waals surface area contributed by atoms with Crippen LogP contribution in [0.5, 0.6) is 0 Å². The summed E-state index contributed by atoms with van der Waals surface area (Å²) in [5.41, 5.74) is 2.59. The first kappa shape index (κ1) is 13.5. The molecular formula is C16H13ClO2. The molecule has 0 bridgehead atoms. The molecule has 2 aromatic rings. The van der Waals surface area contributed by atoms with E-state index in [9.17, 15) is 9.59 Å². The van der Waals surface area contributed by atoms with Gasteiger partial charge in [0.1, 0.15) is 0 Å². The van der Waals surface area contributed by atoms with Crippen molar-refractivity contribution in [3.63, 3.8) is 0 Å². The number of hydrogen-bond donors (Lipinski definition) is 0. The van der Waals surface area contributed by atoms with Gasteiger partial charge in [-0.2, -0.15) is 0 Å². The van der Waals surface area contributed by atoms with E-state index < -0.39 is 5.24 Å². The van der Waals surface area contributed by atoms with E-state index in [1.807, 2.05) is 12.1 Å². The summed E-state index contributed by atoms with van der Waals surface area (Å²) >= 11 is 5.42. The maximum absolute atomic E-state index is 12.3. The van der Waals surface area contributed by atoms with E-state index in [1.165, 1.54) is 11.6 Å². The van der Waals surface area contributed by atoms with Crippen molar-refractivity contribution in [3.05, 3.63) is 70.8 Å². The molecule has 0 radical (unpaired) electrons. The molecular weight excluding hydrogens is 260 g/mol. The lowest BCUT2D eigenvalue weighted by atomic mass is 10.00. The van der Waals surface area contributed by atoms with Gasteiger partial charge in [0.05, 0.1) is 0 Å². The third-order valence-corrected chi connectivity index (χ3v) is 3.19. The first-order valence-electron chi connectivity index (χ1n) is 6.05. The summed E-state index contributed by atoms with van der Waals surface area (Å²) in [4.78, 5) is 23.4. The molecule has 2 rings (SSSR count). The summed E-state index contributed by atoms with van der Waals surface area (Å²) < 4.78 is 0. The lowest BCUT2D eigenvalue weighted by Gasteiger charge is -2.03. The Kier molecular flexibility index (Phi) is 4.13. The highest BCUT2D eigenvalue weighted by molar-refractivity contribution is 6.67. The van der Waals surface area contributed by atoms with Gasteiger partial charge in [0.2, 0.25) is 0 Å². The van der Waals surface area contributed by atoms with Crippen LogP contribution in [0.25, 0.3) is 0 Å². The second kappa shape index (κ2) is 5.81.